The summed E-state index contributed by atoms with van der Waals surface area (Å²) in [5, 5.41) is 10.2. The van der Waals surface area contributed by atoms with Gasteiger partial charge < -0.3 is 10.0 Å². The molecule has 98 valence electrons. The van der Waals surface area contributed by atoms with Crippen LogP contribution >= 0.6 is 0 Å². The summed E-state index contributed by atoms with van der Waals surface area (Å²) in [5.41, 5.74) is 1.29. The van der Waals surface area contributed by atoms with Crippen LogP contribution in [-0.2, 0) is 6.42 Å². The lowest BCUT2D eigenvalue weighted by Crippen LogP contribution is -2.31. The fourth-order valence-electron chi connectivity index (χ4n) is 3.15. The van der Waals surface area contributed by atoms with Crippen molar-refractivity contribution in [3.05, 3.63) is 30.1 Å². The average molecular weight is 246 g/mol. The highest BCUT2D eigenvalue weighted by Gasteiger charge is 2.33. The quantitative estimate of drug-likeness (QED) is 0.878. The molecular weight excluding hydrogens is 224 g/mol. The Morgan fingerprint density at radius 3 is 2.67 bits per heavy atom. The van der Waals surface area contributed by atoms with Crippen molar-refractivity contribution in [1.29, 1.82) is 0 Å². The lowest BCUT2D eigenvalue weighted by Gasteiger charge is -2.29. The van der Waals surface area contributed by atoms with E-state index in [1.165, 1.54) is 31.4 Å². The molecule has 2 aliphatic rings. The molecule has 1 saturated carbocycles. The molecule has 0 aromatic carbocycles. The second-order valence-corrected chi connectivity index (χ2v) is 5.90. The summed E-state index contributed by atoms with van der Waals surface area (Å²) >= 11 is 0. The van der Waals surface area contributed by atoms with Gasteiger partial charge in [-0.3, -0.25) is 4.98 Å². The summed E-state index contributed by atoms with van der Waals surface area (Å²) in [4.78, 5) is 6.50. The van der Waals surface area contributed by atoms with E-state index in [9.17, 15) is 5.11 Å². The molecule has 0 unspecified atom stereocenters. The SMILES string of the molecule is O[C@H]1CN(CC2CCC2)C[C@H]1Cc1ccncc1. The van der Waals surface area contributed by atoms with E-state index in [1.54, 1.807) is 0 Å². The average Bonchev–Trinajstić information content (AvgIpc) is 2.66. The van der Waals surface area contributed by atoms with E-state index in [2.05, 4.69) is 22.0 Å². The van der Waals surface area contributed by atoms with Crippen LogP contribution in [0.2, 0.25) is 0 Å². The van der Waals surface area contributed by atoms with Gasteiger partial charge in [-0.1, -0.05) is 6.42 Å². The normalized spacial score (nSPS) is 29.4. The number of β-amino-alcohol motifs (C(OH)–C–C–N with tert-alkyl or cyclic N) is 1. The zero-order valence-corrected chi connectivity index (χ0v) is 10.8. The number of pyridine rings is 1. The molecule has 2 atom stereocenters. The fraction of sp³-hybridized carbons (Fsp3) is 0.667. The molecule has 2 heterocycles. The summed E-state index contributed by atoms with van der Waals surface area (Å²) in [7, 11) is 0. The van der Waals surface area contributed by atoms with Gasteiger partial charge in [0.15, 0.2) is 0 Å². The molecule has 0 radical (unpaired) electrons. The lowest BCUT2D eigenvalue weighted by atomic mass is 9.85. The van der Waals surface area contributed by atoms with Gasteiger partial charge in [0, 0.05) is 37.9 Å². The Balaban J connectivity index is 1.53. The van der Waals surface area contributed by atoms with Gasteiger partial charge in [0.25, 0.3) is 0 Å². The third-order valence-electron chi connectivity index (χ3n) is 4.47. The van der Waals surface area contributed by atoms with E-state index < -0.39 is 0 Å². The highest BCUT2D eigenvalue weighted by atomic mass is 16.3. The second-order valence-electron chi connectivity index (χ2n) is 5.90. The molecule has 3 heteroatoms. The highest BCUT2D eigenvalue weighted by molar-refractivity contribution is 5.11. The van der Waals surface area contributed by atoms with Gasteiger partial charge in [0.05, 0.1) is 6.10 Å². The van der Waals surface area contributed by atoms with Crippen molar-refractivity contribution < 1.29 is 5.11 Å². The Kier molecular flexibility index (Phi) is 3.62. The minimum absolute atomic E-state index is 0.154. The van der Waals surface area contributed by atoms with Gasteiger partial charge in [-0.15, -0.1) is 0 Å². The molecule has 1 N–H and O–H groups in total. The maximum absolute atomic E-state index is 10.2. The molecule has 1 aliphatic carbocycles. The van der Waals surface area contributed by atoms with Gasteiger partial charge in [0.1, 0.15) is 0 Å². The number of aromatic nitrogens is 1. The third kappa shape index (κ3) is 2.73. The van der Waals surface area contributed by atoms with Gasteiger partial charge in [-0.25, -0.2) is 0 Å². The van der Waals surface area contributed by atoms with Gasteiger partial charge in [-0.2, -0.15) is 0 Å². The van der Waals surface area contributed by atoms with Crippen molar-refractivity contribution in [2.75, 3.05) is 19.6 Å². The van der Waals surface area contributed by atoms with Crippen molar-refractivity contribution in [2.24, 2.45) is 11.8 Å². The number of hydrogen-bond donors (Lipinski definition) is 1. The Labute approximate surface area is 109 Å². The largest absolute Gasteiger partial charge is 0.391 e. The summed E-state index contributed by atoms with van der Waals surface area (Å²) in [6.07, 6.45) is 8.68. The number of rotatable bonds is 4. The van der Waals surface area contributed by atoms with Gasteiger partial charge in [-0.05, 0) is 42.9 Å². The van der Waals surface area contributed by atoms with Crippen LogP contribution in [0.3, 0.4) is 0 Å². The second kappa shape index (κ2) is 5.37. The molecule has 1 aliphatic heterocycles. The van der Waals surface area contributed by atoms with Crippen molar-refractivity contribution in [3.63, 3.8) is 0 Å². The van der Waals surface area contributed by atoms with Crippen molar-refractivity contribution in [1.82, 2.24) is 9.88 Å². The Morgan fingerprint density at radius 2 is 2.00 bits per heavy atom. The molecule has 0 amide bonds. The van der Waals surface area contributed by atoms with E-state index in [0.717, 1.165) is 25.4 Å². The molecule has 0 spiro atoms. The maximum atomic E-state index is 10.2. The van der Waals surface area contributed by atoms with Crippen LogP contribution in [0.25, 0.3) is 0 Å². The smallest absolute Gasteiger partial charge is 0.0710 e. The zero-order valence-electron chi connectivity index (χ0n) is 10.8. The third-order valence-corrected chi connectivity index (χ3v) is 4.47. The first-order chi connectivity index (χ1) is 8.81. The molecule has 1 aromatic heterocycles. The topological polar surface area (TPSA) is 36.4 Å². The number of hydrogen-bond acceptors (Lipinski definition) is 3. The lowest BCUT2D eigenvalue weighted by molar-refractivity contribution is 0.135. The molecule has 3 rings (SSSR count). The van der Waals surface area contributed by atoms with Crippen molar-refractivity contribution in [3.8, 4) is 0 Å². The monoisotopic (exact) mass is 246 g/mol. The first kappa shape index (κ1) is 12.1. The van der Waals surface area contributed by atoms with Gasteiger partial charge in [0.2, 0.25) is 0 Å². The fourth-order valence-corrected chi connectivity index (χ4v) is 3.15. The minimum atomic E-state index is -0.154. The van der Waals surface area contributed by atoms with Crippen molar-refractivity contribution >= 4 is 0 Å². The van der Waals surface area contributed by atoms with E-state index in [1.807, 2.05) is 12.4 Å². The van der Waals surface area contributed by atoms with Crippen LogP contribution in [0, 0.1) is 11.8 Å². The number of likely N-dealkylation sites (tertiary alicyclic amines) is 1. The zero-order chi connectivity index (χ0) is 12.4. The Bertz CT molecular complexity index is 377. The van der Waals surface area contributed by atoms with Crippen LogP contribution in [0.5, 0.6) is 0 Å². The highest BCUT2D eigenvalue weighted by Crippen LogP contribution is 2.30. The van der Waals surface area contributed by atoms with E-state index in [0.29, 0.717) is 5.92 Å². The maximum Gasteiger partial charge on any atom is 0.0710 e. The molecule has 1 aromatic rings. The summed E-state index contributed by atoms with van der Waals surface area (Å²) < 4.78 is 0. The van der Waals surface area contributed by atoms with E-state index in [4.69, 9.17) is 0 Å². The molecule has 2 fully saturated rings. The van der Waals surface area contributed by atoms with E-state index >= 15 is 0 Å². The Hall–Kier alpha value is -0.930. The first-order valence-corrected chi connectivity index (χ1v) is 7.10. The van der Waals surface area contributed by atoms with E-state index in [-0.39, 0.29) is 6.10 Å². The van der Waals surface area contributed by atoms with Crippen LogP contribution in [-0.4, -0.2) is 40.7 Å². The van der Waals surface area contributed by atoms with Gasteiger partial charge >= 0.3 is 0 Å². The predicted molar refractivity (Wildman–Crippen MR) is 71.2 cm³/mol. The van der Waals surface area contributed by atoms with Crippen LogP contribution < -0.4 is 0 Å². The van der Waals surface area contributed by atoms with Crippen LogP contribution in [0.1, 0.15) is 24.8 Å². The summed E-state index contributed by atoms with van der Waals surface area (Å²) in [5.74, 6) is 1.30. The van der Waals surface area contributed by atoms with Crippen LogP contribution in [0.4, 0.5) is 0 Å². The standard InChI is InChI=1S/C15H22N2O/c18-15-11-17(9-13-2-1-3-13)10-14(15)8-12-4-6-16-7-5-12/h4-7,13-15,18H,1-3,8-11H2/t14-,15+/m1/s1. The summed E-state index contributed by atoms with van der Waals surface area (Å²) in [6.45, 7) is 3.12. The Morgan fingerprint density at radius 1 is 1.22 bits per heavy atom. The molecular formula is C15H22N2O. The summed E-state index contributed by atoms with van der Waals surface area (Å²) in [6, 6.07) is 4.11. The number of aliphatic hydroxyl groups is 1. The minimum Gasteiger partial charge on any atom is -0.391 e. The van der Waals surface area contributed by atoms with Crippen LogP contribution in [0.15, 0.2) is 24.5 Å². The molecule has 3 nitrogen and oxygen atoms in total. The predicted octanol–water partition coefficient (Wildman–Crippen LogP) is 1.72. The number of nitrogens with zero attached hydrogens (tertiary/aromatic N) is 2. The molecule has 0 bridgehead atoms. The molecule has 1 saturated heterocycles. The van der Waals surface area contributed by atoms with Crippen molar-refractivity contribution in [2.45, 2.75) is 31.8 Å². The molecule has 18 heavy (non-hydrogen) atoms. The number of aliphatic hydroxyl groups excluding tert-OH is 1. The first-order valence-electron chi connectivity index (χ1n) is 7.10.